The van der Waals surface area contributed by atoms with Crippen LogP contribution >= 0.6 is 0 Å². The second-order valence-electron chi connectivity index (χ2n) is 6.15. The molecule has 2 saturated heterocycles. The quantitative estimate of drug-likeness (QED) is 0.901. The zero-order valence-corrected chi connectivity index (χ0v) is 12.8. The number of hydrogen-bond acceptors (Lipinski definition) is 4. The zero-order chi connectivity index (χ0) is 14.8. The molecule has 116 valence electrons. The topological polar surface area (TPSA) is 61.5 Å². The number of likely N-dealkylation sites (tertiary alicyclic amines) is 2. The molecule has 0 unspecified atom stereocenters. The third-order valence-corrected chi connectivity index (χ3v) is 4.56. The van der Waals surface area contributed by atoms with Crippen LogP contribution in [0.25, 0.3) is 0 Å². The molecule has 0 spiro atoms. The van der Waals surface area contributed by atoms with Crippen LogP contribution in [-0.4, -0.2) is 71.3 Å². The molecule has 2 aliphatic heterocycles. The van der Waals surface area contributed by atoms with Gasteiger partial charge >= 0.3 is 0 Å². The highest BCUT2D eigenvalue weighted by molar-refractivity contribution is 5.92. The van der Waals surface area contributed by atoms with Gasteiger partial charge in [0.15, 0.2) is 0 Å². The number of hydrogen-bond donors (Lipinski definition) is 1. The van der Waals surface area contributed by atoms with Crippen molar-refractivity contribution < 1.29 is 9.53 Å². The molecular formula is C15H24N4O2. The van der Waals surface area contributed by atoms with Gasteiger partial charge in [-0.1, -0.05) is 0 Å². The van der Waals surface area contributed by atoms with Gasteiger partial charge in [0.25, 0.3) is 5.91 Å². The number of aromatic nitrogens is 2. The predicted molar refractivity (Wildman–Crippen MR) is 79.2 cm³/mol. The van der Waals surface area contributed by atoms with E-state index in [2.05, 4.69) is 15.1 Å². The average Bonchev–Trinajstić information content (AvgIpc) is 3.19. The summed E-state index contributed by atoms with van der Waals surface area (Å²) in [4.78, 5) is 17.1. The smallest absolute Gasteiger partial charge is 0.274 e. The summed E-state index contributed by atoms with van der Waals surface area (Å²) in [5.74, 6) is 0.0168. The van der Waals surface area contributed by atoms with Crippen LogP contribution in [0, 0.1) is 6.92 Å². The Morgan fingerprint density at radius 3 is 2.86 bits per heavy atom. The molecule has 1 amide bonds. The lowest BCUT2D eigenvalue weighted by atomic mass is 10.2. The van der Waals surface area contributed by atoms with E-state index >= 15 is 0 Å². The summed E-state index contributed by atoms with van der Waals surface area (Å²) in [5.41, 5.74) is 1.42. The van der Waals surface area contributed by atoms with Crippen LogP contribution in [0.3, 0.4) is 0 Å². The molecule has 6 heteroatoms. The van der Waals surface area contributed by atoms with E-state index in [9.17, 15) is 4.79 Å². The zero-order valence-electron chi connectivity index (χ0n) is 12.8. The third kappa shape index (κ3) is 3.11. The van der Waals surface area contributed by atoms with Crippen molar-refractivity contribution in [2.75, 3.05) is 33.3 Å². The summed E-state index contributed by atoms with van der Waals surface area (Å²) in [6, 6.07) is 2.05. The Morgan fingerprint density at radius 1 is 1.48 bits per heavy atom. The van der Waals surface area contributed by atoms with E-state index < -0.39 is 0 Å². The van der Waals surface area contributed by atoms with Crippen LogP contribution < -0.4 is 0 Å². The lowest BCUT2D eigenvalue weighted by molar-refractivity contribution is 0.0664. The summed E-state index contributed by atoms with van der Waals surface area (Å²) in [6.07, 6.45) is 3.60. The van der Waals surface area contributed by atoms with E-state index in [1.165, 1.54) is 12.8 Å². The first-order valence-corrected chi connectivity index (χ1v) is 7.75. The Balaban J connectivity index is 1.71. The van der Waals surface area contributed by atoms with Crippen molar-refractivity contribution >= 4 is 5.91 Å². The van der Waals surface area contributed by atoms with E-state index in [0.717, 1.165) is 31.7 Å². The molecule has 2 fully saturated rings. The van der Waals surface area contributed by atoms with Gasteiger partial charge < -0.3 is 14.5 Å². The molecule has 0 aromatic carbocycles. The number of nitrogens with zero attached hydrogens (tertiary/aromatic N) is 3. The van der Waals surface area contributed by atoms with E-state index in [1.54, 1.807) is 7.11 Å². The molecule has 2 atom stereocenters. The summed E-state index contributed by atoms with van der Waals surface area (Å²) in [6.45, 7) is 5.83. The predicted octanol–water partition coefficient (Wildman–Crippen LogP) is 1.04. The minimum atomic E-state index is 0.0168. The van der Waals surface area contributed by atoms with E-state index in [4.69, 9.17) is 4.74 Å². The summed E-state index contributed by atoms with van der Waals surface area (Å²) in [7, 11) is 1.73. The molecule has 2 aliphatic rings. The molecule has 21 heavy (non-hydrogen) atoms. The molecule has 3 heterocycles. The minimum absolute atomic E-state index is 0.0168. The highest BCUT2D eigenvalue weighted by Gasteiger charge is 2.37. The highest BCUT2D eigenvalue weighted by atomic mass is 16.5. The Hall–Kier alpha value is -1.40. The van der Waals surface area contributed by atoms with E-state index in [0.29, 0.717) is 12.2 Å². The third-order valence-electron chi connectivity index (χ3n) is 4.56. The molecule has 3 rings (SSSR count). The molecular weight excluding hydrogens is 268 g/mol. The van der Waals surface area contributed by atoms with Gasteiger partial charge in [-0.05, 0) is 45.3 Å². The van der Waals surface area contributed by atoms with Crippen molar-refractivity contribution in [1.82, 2.24) is 20.0 Å². The SMILES string of the molecule is CO[C@H]1C[C@@H](CN2CCCC2)N(C(=O)c2cc(C)[nH]n2)C1. The monoisotopic (exact) mass is 292 g/mol. The van der Waals surface area contributed by atoms with Crippen molar-refractivity contribution in [2.45, 2.75) is 38.3 Å². The van der Waals surface area contributed by atoms with Gasteiger partial charge in [-0.25, -0.2) is 0 Å². The van der Waals surface area contributed by atoms with Crippen LogP contribution in [-0.2, 0) is 4.74 Å². The van der Waals surface area contributed by atoms with Crippen molar-refractivity contribution in [2.24, 2.45) is 0 Å². The van der Waals surface area contributed by atoms with Crippen molar-refractivity contribution in [3.63, 3.8) is 0 Å². The number of aromatic amines is 1. The van der Waals surface area contributed by atoms with Crippen LogP contribution in [0.5, 0.6) is 0 Å². The number of nitrogens with one attached hydrogen (secondary N) is 1. The molecule has 0 bridgehead atoms. The normalized spacial score (nSPS) is 26.7. The number of ether oxygens (including phenoxy) is 1. The first kappa shape index (κ1) is 14.5. The van der Waals surface area contributed by atoms with Crippen LogP contribution in [0.15, 0.2) is 6.07 Å². The molecule has 1 N–H and O–H groups in total. The van der Waals surface area contributed by atoms with Gasteiger partial charge in [0.05, 0.1) is 6.10 Å². The largest absolute Gasteiger partial charge is 0.380 e. The second-order valence-corrected chi connectivity index (χ2v) is 6.15. The van der Waals surface area contributed by atoms with Gasteiger partial charge in [0, 0.05) is 31.9 Å². The number of methoxy groups -OCH3 is 1. The van der Waals surface area contributed by atoms with E-state index in [1.807, 2.05) is 17.9 Å². The lowest BCUT2D eigenvalue weighted by Crippen LogP contribution is -2.42. The highest BCUT2D eigenvalue weighted by Crippen LogP contribution is 2.24. The maximum atomic E-state index is 12.7. The minimum Gasteiger partial charge on any atom is -0.380 e. The van der Waals surface area contributed by atoms with Gasteiger partial charge in [-0.2, -0.15) is 5.10 Å². The Labute approximate surface area is 125 Å². The average molecular weight is 292 g/mol. The first-order valence-electron chi connectivity index (χ1n) is 7.75. The fourth-order valence-electron chi connectivity index (χ4n) is 3.40. The van der Waals surface area contributed by atoms with Gasteiger partial charge in [0.1, 0.15) is 5.69 Å². The number of H-pyrrole nitrogens is 1. The van der Waals surface area contributed by atoms with Gasteiger partial charge in [-0.15, -0.1) is 0 Å². The van der Waals surface area contributed by atoms with Crippen LogP contribution in [0.4, 0.5) is 0 Å². The summed E-state index contributed by atoms with van der Waals surface area (Å²) >= 11 is 0. The number of rotatable bonds is 4. The standard InChI is InChI=1S/C15H24N4O2/c1-11-7-14(17-16-11)15(20)19-10-13(21-2)8-12(19)9-18-5-3-4-6-18/h7,12-13H,3-6,8-10H2,1-2H3,(H,16,17)/t12-,13-/m0/s1. The number of carbonyl (C=O) groups excluding carboxylic acids is 1. The maximum absolute atomic E-state index is 12.7. The number of aryl methyl sites for hydroxylation is 1. The van der Waals surface area contributed by atoms with Gasteiger partial charge in [-0.3, -0.25) is 9.89 Å². The van der Waals surface area contributed by atoms with Gasteiger partial charge in [0.2, 0.25) is 0 Å². The molecule has 6 nitrogen and oxygen atoms in total. The molecule has 1 aromatic rings. The first-order chi connectivity index (χ1) is 10.2. The fraction of sp³-hybridized carbons (Fsp3) is 0.733. The van der Waals surface area contributed by atoms with Crippen molar-refractivity contribution in [1.29, 1.82) is 0 Å². The molecule has 1 aromatic heterocycles. The van der Waals surface area contributed by atoms with Crippen molar-refractivity contribution in [3.8, 4) is 0 Å². The van der Waals surface area contributed by atoms with Crippen LogP contribution in [0.1, 0.15) is 35.4 Å². The Bertz CT molecular complexity index is 496. The molecule has 0 saturated carbocycles. The molecule has 0 aliphatic carbocycles. The summed E-state index contributed by atoms with van der Waals surface area (Å²) in [5, 5.41) is 6.95. The lowest BCUT2D eigenvalue weighted by Gasteiger charge is -2.27. The number of carbonyl (C=O) groups is 1. The Kier molecular flexibility index (Phi) is 4.26. The summed E-state index contributed by atoms with van der Waals surface area (Å²) < 4.78 is 5.49. The second kappa shape index (κ2) is 6.15. The van der Waals surface area contributed by atoms with E-state index in [-0.39, 0.29) is 18.1 Å². The fourth-order valence-corrected chi connectivity index (χ4v) is 3.40. The van der Waals surface area contributed by atoms with Crippen molar-refractivity contribution in [3.05, 3.63) is 17.5 Å². The Morgan fingerprint density at radius 2 is 2.24 bits per heavy atom. The maximum Gasteiger partial charge on any atom is 0.274 e. The number of amides is 1. The molecule has 0 radical (unpaired) electrons. The van der Waals surface area contributed by atoms with Crippen LogP contribution in [0.2, 0.25) is 0 Å².